The van der Waals surface area contributed by atoms with E-state index in [-0.39, 0.29) is 11.6 Å². The second kappa shape index (κ2) is 5.41. The molecule has 0 aliphatic rings. The van der Waals surface area contributed by atoms with Crippen LogP contribution in [0.25, 0.3) is 0 Å². The molecule has 100 valence electrons. The van der Waals surface area contributed by atoms with Crippen LogP contribution in [-0.2, 0) is 0 Å². The predicted molar refractivity (Wildman–Crippen MR) is 69.0 cm³/mol. The Labute approximate surface area is 112 Å². The first-order chi connectivity index (χ1) is 8.97. The van der Waals surface area contributed by atoms with Crippen LogP contribution in [0.3, 0.4) is 0 Å². The maximum Gasteiger partial charge on any atom is 0.260 e. The first-order valence-electron chi connectivity index (χ1n) is 5.45. The molecule has 1 aromatic heterocycles. The van der Waals surface area contributed by atoms with Gasteiger partial charge in [0.1, 0.15) is 11.6 Å². The molecule has 4 nitrogen and oxygen atoms in total. The van der Waals surface area contributed by atoms with Crippen molar-refractivity contribution in [3.63, 3.8) is 0 Å². The summed E-state index contributed by atoms with van der Waals surface area (Å²) in [6.45, 7) is 1.76. The Morgan fingerprint density at radius 1 is 1.47 bits per heavy atom. The zero-order valence-corrected chi connectivity index (χ0v) is 10.8. The van der Waals surface area contributed by atoms with Gasteiger partial charge < -0.3 is 5.73 Å². The van der Waals surface area contributed by atoms with Crippen molar-refractivity contribution in [2.24, 2.45) is 5.73 Å². The fraction of sp³-hybridized carbons (Fsp3) is 0.167. The first kappa shape index (κ1) is 13.6. The number of carbonyl (C=O) groups is 1. The van der Waals surface area contributed by atoms with Gasteiger partial charge in [0.25, 0.3) is 5.91 Å². The van der Waals surface area contributed by atoms with Crippen molar-refractivity contribution < 1.29 is 13.6 Å². The topological polar surface area (TPSA) is 68.0 Å². The number of hydrogen-bond donors (Lipinski definition) is 2. The highest BCUT2D eigenvalue weighted by molar-refractivity contribution is 7.14. The molecule has 2 rings (SSSR count). The Kier molecular flexibility index (Phi) is 3.87. The number of amides is 1. The summed E-state index contributed by atoms with van der Waals surface area (Å²) >= 11 is 1.19. The minimum absolute atomic E-state index is 0.237. The minimum atomic E-state index is -0.915. The third-order valence-electron chi connectivity index (χ3n) is 2.38. The highest BCUT2D eigenvalue weighted by Gasteiger charge is 2.14. The molecule has 0 aliphatic carbocycles. The van der Waals surface area contributed by atoms with Crippen LogP contribution in [-0.4, -0.2) is 10.9 Å². The molecular weight excluding hydrogens is 272 g/mol. The van der Waals surface area contributed by atoms with Gasteiger partial charge >= 0.3 is 0 Å². The molecule has 1 unspecified atom stereocenters. The molecule has 1 amide bonds. The molecule has 0 radical (unpaired) electrons. The van der Waals surface area contributed by atoms with Crippen molar-refractivity contribution >= 4 is 22.4 Å². The van der Waals surface area contributed by atoms with Crippen LogP contribution in [0.1, 0.15) is 29.0 Å². The van der Waals surface area contributed by atoms with Gasteiger partial charge in [0.15, 0.2) is 5.13 Å². The lowest BCUT2D eigenvalue weighted by Crippen LogP contribution is -2.14. The maximum absolute atomic E-state index is 13.4. The summed E-state index contributed by atoms with van der Waals surface area (Å²) in [5, 5.41) is 4.47. The lowest BCUT2D eigenvalue weighted by atomic mass is 10.2. The number of thiazole rings is 1. The van der Waals surface area contributed by atoms with E-state index in [4.69, 9.17) is 5.73 Å². The van der Waals surface area contributed by atoms with E-state index in [0.717, 1.165) is 12.1 Å². The number of halogens is 2. The predicted octanol–water partition coefficient (Wildman–Crippen LogP) is 2.69. The van der Waals surface area contributed by atoms with E-state index in [0.29, 0.717) is 16.9 Å². The largest absolute Gasteiger partial charge is 0.323 e. The van der Waals surface area contributed by atoms with Crippen LogP contribution >= 0.6 is 11.3 Å². The molecule has 1 aromatic carbocycles. The third kappa shape index (κ3) is 3.12. The average Bonchev–Trinajstić information content (AvgIpc) is 2.77. The molecule has 2 aromatic rings. The summed E-state index contributed by atoms with van der Waals surface area (Å²) in [6.07, 6.45) is 0. The standard InChI is InChI=1S/C12H11F2N3OS/c1-6(15)10-5-19-12(16-10)17-11(18)8-3-2-7(13)4-9(8)14/h2-6H,15H2,1H3,(H,16,17,18). The number of nitrogens with two attached hydrogens (primary N) is 1. The quantitative estimate of drug-likeness (QED) is 0.910. The molecule has 1 heterocycles. The number of hydrogen-bond acceptors (Lipinski definition) is 4. The Balaban J connectivity index is 2.16. The number of nitrogens with zero attached hydrogens (tertiary/aromatic N) is 1. The van der Waals surface area contributed by atoms with Gasteiger partial charge in [-0.25, -0.2) is 13.8 Å². The lowest BCUT2D eigenvalue weighted by molar-refractivity contribution is 0.102. The Hall–Kier alpha value is -1.86. The molecule has 0 bridgehead atoms. The molecule has 7 heteroatoms. The Morgan fingerprint density at radius 3 is 2.79 bits per heavy atom. The van der Waals surface area contributed by atoms with E-state index in [9.17, 15) is 13.6 Å². The molecule has 1 atom stereocenters. The summed E-state index contributed by atoms with van der Waals surface area (Å²) in [4.78, 5) is 15.9. The summed E-state index contributed by atoms with van der Waals surface area (Å²) in [6, 6.07) is 2.52. The zero-order chi connectivity index (χ0) is 14.0. The van der Waals surface area contributed by atoms with Crippen LogP contribution in [0, 0.1) is 11.6 Å². The normalized spacial score (nSPS) is 12.2. The number of anilines is 1. The number of benzene rings is 1. The zero-order valence-electron chi connectivity index (χ0n) is 9.98. The van der Waals surface area contributed by atoms with E-state index < -0.39 is 17.5 Å². The summed E-state index contributed by atoms with van der Waals surface area (Å²) in [5.41, 5.74) is 6.04. The first-order valence-corrected chi connectivity index (χ1v) is 6.32. The average molecular weight is 283 g/mol. The third-order valence-corrected chi connectivity index (χ3v) is 3.16. The van der Waals surface area contributed by atoms with Gasteiger partial charge in [0.05, 0.1) is 11.3 Å². The molecular formula is C12H11F2N3OS. The lowest BCUT2D eigenvalue weighted by Gasteiger charge is -2.03. The van der Waals surface area contributed by atoms with Crippen molar-refractivity contribution in [2.45, 2.75) is 13.0 Å². The number of rotatable bonds is 3. The van der Waals surface area contributed by atoms with E-state index in [1.807, 2.05) is 0 Å². The van der Waals surface area contributed by atoms with Crippen LogP contribution in [0.4, 0.5) is 13.9 Å². The van der Waals surface area contributed by atoms with E-state index in [1.165, 1.54) is 11.3 Å². The van der Waals surface area contributed by atoms with Gasteiger partial charge in [-0.05, 0) is 19.1 Å². The Morgan fingerprint density at radius 2 is 2.21 bits per heavy atom. The SMILES string of the molecule is CC(N)c1csc(NC(=O)c2ccc(F)cc2F)n1. The monoisotopic (exact) mass is 283 g/mol. The van der Waals surface area contributed by atoms with Gasteiger partial charge in [-0.2, -0.15) is 0 Å². The minimum Gasteiger partial charge on any atom is -0.323 e. The summed E-state index contributed by atoms with van der Waals surface area (Å²) in [5.74, 6) is -2.33. The van der Waals surface area contributed by atoms with Crippen molar-refractivity contribution in [1.29, 1.82) is 0 Å². The molecule has 0 aliphatic heterocycles. The summed E-state index contributed by atoms with van der Waals surface area (Å²) < 4.78 is 26.1. The van der Waals surface area contributed by atoms with Gasteiger partial charge in [-0.1, -0.05) is 0 Å². The molecule has 3 N–H and O–H groups in total. The highest BCUT2D eigenvalue weighted by Crippen LogP contribution is 2.20. The molecule has 0 fully saturated rings. The summed E-state index contributed by atoms with van der Waals surface area (Å²) in [7, 11) is 0. The highest BCUT2D eigenvalue weighted by atomic mass is 32.1. The van der Waals surface area contributed by atoms with Crippen molar-refractivity contribution in [1.82, 2.24) is 4.98 Å². The van der Waals surface area contributed by atoms with Gasteiger partial charge in [-0.3, -0.25) is 10.1 Å². The number of aromatic nitrogens is 1. The fourth-order valence-corrected chi connectivity index (χ4v) is 2.20. The van der Waals surface area contributed by atoms with Crippen LogP contribution in [0.15, 0.2) is 23.6 Å². The van der Waals surface area contributed by atoms with E-state index in [1.54, 1.807) is 12.3 Å². The van der Waals surface area contributed by atoms with E-state index in [2.05, 4.69) is 10.3 Å². The van der Waals surface area contributed by atoms with E-state index >= 15 is 0 Å². The molecule has 0 spiro atoms. The number of carbonyl (C=O) groups excluding carboxylic acids is 1. The maximum atomic E-state index is 13.4. The van der Waals surface area contributed by atoms with Crippen molar-refractivity contribution in [2.75, 3.05) is 5.32 Å². The Bertz CT molecular complexity index is 613. The van der Waals surface area contributed by atoms with Crippen molar-refractivity contribution in [3.8, 4) is 0 Å². The van der Waals surface area contributed by atoms with Crippen molar-refractivity contribution in [3.05, 3.63) is 46.5 Å². The number of nitrogens with one attached hydrogen (secondary N) is 1. The fourth-order valence-electron chi connectivity index (χ4n) is 1.39. The van der Waals surface area contributed by atoms with Gasteiger partial charge in [0.2, 0.25) is 0 Å². The second-order valence-electron chi connectivity index (χ2n) is 3.94. The second-order valence-corrected chi connectivity index (χ2v) is 4.80. The smallest absolute Gasteiger partial charge is 0.260 e. The van der Waals surface area contributed by atoms with Crippen LogP contribution in [0.5, 0.6) is 0 Å². The van der Waals surface area contributed by atoms with Crippen LogP contribution < -0.4 is 11.1 Å². The molecule has 0 saturated carbocycles. The van der Waals surface area contributed by atoms with Crippen LogP contribution in [0.2, 0.25) is 0 Å². The van der Waals surface area contributed by atoms with Gasteiger partial charge in [-0.15, -0.1) is 11.3 Å². The molecule has 0 saturated heterocycles. The molecule has 19 heavy (non-hydrogen) atoms. The van der Waals surface area contributed by atoms with Gasteiger partial charge in [0, 0.05) is 17.5 Å².